The van der Waals surface area contributed by atoms with Crippen LogP contribution in [0.1, 0.15) is 5.56 Å². The molecule has 0 fully saturated rings. The first-order valence-corrected chi connectivity index (χ1v) is 20.6. The van der Waals surface area contributed by atoms with E-state index in [1.54, 1.807) is 0 Å². The minimum Gasteiger partial charge on any atom is -0.505 e. The van der Waals surface area contributed by atoms with Crippen molar-refractivity contribution in [3.63, 3.8) is 0 Å². The molecule has 5 aromatic rings. The Kier molecular flexibility index (Phi) is 17.3. The van der Waals surface area contributed by atoms with Crippen molar-refractivity contribution in [1.82, 2.24) is 0 Å². The number of aryl methyl sites for hydroxylation is 1. The number of aliphatic hydroxyl groups excluding tert-OH is 1. The molecule has 0 aromatic heterocycles. The van der Waals surface area contributed by atoms with Gasteiger partial charge >= 0.3 is 16.3 Å². The number of hydrogen-bond acceptors (Lipinski definition) is 26. The summed E-state index contributed by atoms with van der Waals surface area (Å²) in [5.74, 6) is -4.78. The van der Waals surface area contributed by atoms with E-state index < -0.39 is 126 Å². The van der Waals surface area contributed by atoms with E-state index in [9.17, 15) is 62.0 Å². The van der Waals surface area contributed by atoms with Crippen LogP contribution in [-0.4, -0.2) is 81.8 Å². The molecule has 0 radical (unpaired) electrons. The van der Waals surface area contributed by atoms with E-state index in [1.165, 1.54) is 25.1 Å². The number of aromatic hydroxyl groups is 4. The fourth-order valence-corrected chi connectivity index (χ4v) is 6.69. The Morgan fingerprint density at radius 3 is 1.89 bits per heavy atom. The van der Waals surface area contributed by atoms with Gasteiger partial charge in [-0.15, -0.1) is 42.5 Å². The molecular formula is C31H24FeN8O20S4. The van der Waals surface area contributed by atoms with Gasteiger partial charge in [-0.1, -0.05) is 0 Å². The number of nitro groups is 2. The quantitative estimate of drug-likeness (QED) is 0.00906. The third kappa shape index (κ3) is 12.4. The monoisotopic (exact) mass is 1010 g/mol. The maximum absolute atomic E-state index is 12.4. The van der Waals surface area contributed by atoms with Gasteiger partial charge in [0.15, 0.2) is 32.7 Å². The van der Waals surface area contributed by atoms with Crippen molar-refractivity contribution < 1.29 is 101 Å². The molecule has 0 heterocycles. The summed E-state index contributed by atoms with van der Waals surface area (Å²) < 4.78 is 88.7. The van der Waals surface area contributed by atoms with E-state index in [2.05, 4.69) is 53.0 Å². The normalized spacial score (nSPS) is 11.7. The van der Waals surface area contributed by atoms with Crippen LogP contribution in [-0.2, 0) is 57.0 Å². The summed E-state index contributed by atoms with van der Waals surface area (Å²) in [4.78, 5) is 24.5. The van der Waals surface area contributed by atoms with Crippen LogP contribution in [0.25, 0.3) is 10.8 Å². The molecule has 0 spiro atoms. The number of fused-ring (bicyclic) bond motifs is 1. The molecule has 0 aliphatic rings. The number of benzene rings is 5. The van der Waals surface area contributed by atoms with Crippen molar-refractivity contribution in [3.8, 4) is 28.7 Å². The molecule has 0 unspecified atom stereocenters. The predicted octanol–water partition coefficient (Wildman–Crippen LogP) is 6.13. The zero-order valence-electron chi connectivity index (χ0n) is 31.2. The molecule has 340 valence electrons. The summed E-state index contributed by atoms with van der Waals surface area (Å²) in [5, 5.41) is 101. The third-order valence-electron chi connectivity index (χ3n) is 7.79. The van der Waals surface area contributed by atoms with Crippen LogP contribution in [0.3, 0.4) is 0 Å². The van der Waals surface area contributed by atoms with E-state index in [0.29, 0.717) is 12.1 Å². The summed E-state index contributed by atoms with van der Waals surface area (Å²) in [5.41, 5.74) is -4.78. The van der Waals surface area contributed by atoms with Crippen LogP contribution >= 0.6 is 12.9 Å². The van der Waals surface area contributed by atoms with Crippen molar-refractivity contribution in [2.75, 3.05) is 12.4 Å². The smallest absolute Gasteiger partial charge is 0.425 e. The van der Waals surface area contributed by atoms with Gasteiger partial charge in [0.1, 0.15) is 17.1 Å². The molecule has 6 N–H and O–H groups in total. The van der Waals surface area contributed by atoms with Crippen LogP contribution in [0.15, 0.2) is 101 Å². The summed E-state index contributed by atoms with van der Waals surface area (Å²) in [7, 11) is -11.9. The number of phenolic OH excluding ortho intramolecular Hbond substituents is 4. The van der Waals surface area contributed by atoms with E-state index >= 15 is 0 Å². The zero-order valence-corrected chi connectivity index (χ0v) is 35.6. The third-order valence-corrected chi connectivity index (χ3v) is 10.4. The van der Waals surface area contributed by atoms with Crippen molar-refractivity contribution >= 4 is 99.7 Å². The van der Waals surface area contributed by atoms with Crippen LogP contribution in [0, 0.1) is 27.2 Å². The standard InChI is InChI=1S/C31H24N8O17S3.Fe.O3S/c1-14-8-17(58(49,50)7-6-40)2-3-19(14)32-37-28-25(54-55-56-57)10-15-9-18(59(51,52)53)13-21(26(15)31(28)44)34-33-20-4-5-24(41)27(30(20)43)36-35-22-11-16(38(45)46)12-23(29(22)42)39(47)48;;1-4(2)3/h2-5,8-13,40-44,57H,6-7H2,1H3,(H,51,52,53);;. The number of rotatable bonds is 15. The predicted molar refractivity (Wildman–Crippen MR) is 211 cm³/mol. The van der Waals surface area contributed by atoms with Gasteiger partial charge in [0, 0.05) is 36.0 Å². The first-order chi connectivity index (χ1) is 29.5. The molecule has 0 saturated heterocycles. The number of hydrogen-bond donors (Lipinski definition) is 7. The van der Waals surface area contributed by atoms with Gasteiger partial charge in [-0.05, 0) is 71.4 Å². The summed E-state index contributed by atoms with van der Waals surface area (Å²) in [6.07, 6.45) is 0. The molecule has 0 aliphatic heterocycles. The molecular weight excluding hydrogens is 988 g/mol. The van der Waals surface area contributed by atoms with E-state index in [0.717, 1.165) is 30.3 Å². The van der Waals surface area contributed by atoms with Gasteiger partial charge in [0.05, 0.1) is 54.8 Å². The van der Waals surface area contributed by atoms with E-state index in [-0.39, 0.29) is 44.0 Å². The minimum atomic E-state index is -5.00. The van der Waals surface area contributed by atoms with Gasteiger partial charge in [-0.2, -0.15) is 13.5 Å². The summed E-state index contributed by atoms with van der Waals surface area (Å²) >= 11 is 3.39. The second-order valence-electron chi connectivity index (χ2n) is 11.8. The molecule has 0 saturated carbocycles. The molecule has 0 atom stereocenters. The van der Waals surface area contributed by atoms with Crippen molar-refractivity contribution in [1.29, 1.82) is 0 Å². The fraction of sp³-hybridized carbons (Fsp3) is 0.0968. The topological polar surface area (TPSA) is 429 Å². The van der Waals surface area contributed by atoms with Gasteiger partial charge in [-0.3, -0.25) is 24.8 Å². The summed E-state index contributed by atoms with van der Waals surface area (Å²) in [6, 6.07) is 9.36. The maximum atomic E-state index is 12.4. The van der Waals surface area contributed by atoms with Crippen LogP contribution in [0.4, 0.5) is 45.5 Å². The SMILES string of the molecule is Cc1cc(S(=O)(=O)CCO)ccc1N=Nc1c(OOOS)cc2cc(S(=O)(=O)O)cc(N=Nc3ccc(O)c(N=Nc4cc([N+](=O)[O-])cc([N+](=O)[O-])c4O)c3O)c2c1O.O=S(=O)=O.[Fe]. The first kappa shape index (κ1) is 51.5. The number of nitrogens with zero attached hydrogens (tertiary/aromatic N) is 8. The zero-order chi connectivity index (χ0) is 47.0. The Morgan fingerprint density at radius 1 is 0.719 bits per heavy atom. The average Bonchev–Trinajstić information content (AvgIpc) is 3.19. The molecule has 0 amide bonds. The average molecular weight is 1010 g/mol. The molecule has 28 nitrogen and oxygen atoms in total. The second-order valence-corrected chi connectivity index (χ2v) is 15.8. The molecule has 64 heavy (non-hydrogen) atoms. The Morgan fingerprint density at radius 2 is 1.31 bits per heavy atom. The van der Waals surface area contributed by atoms with Crippen LogP contribution in [0.2, 0.25) is 0 Å². The number of nitro benzene ring substituents is 2. The number of azo groups is 3. The van der Waals surface area contributed by atoms with Crippen molar-refractivity contribution in [2.45, 2.75) is 16.7 Å². The molecule has 0 aliphatic carbocycles. The minimum absolute atomic E-state index is 0. The van der Waals surface area contributed by atoms with Gasteiger partial charge in [0.25, 0.3) is 15.8 Å². The largest absolute Gasteiger partial charge is 0.505 e. The maximum Gasteiger partial charge on any atom is 0.425 e. The van der Waals surface area contributed by atoms with Gasteiger partial charge < -0.3 is 30.4 Å². The van der Waals surface area contributed by atoms with E-state index in [1.807, 2.05) is 0 Å². The van der Waals surface area contributed by atoms with Gasteiger partial charge in [0.2, 0.25) is 11.5 Å². The Hall–Kier alpha value is -6.81. The van der Waals surface area contributed by atoms with Crippen molar-refractivity contribution in [2.24, 2.45) is 30.7 Å². The number of phenols is 4. The van der Waals surface area contributed by atoms with Gasteiger partial charge in [-0.25, -0.2) is 8.42 Å². The fourth-order valence-electron chi connectivity index (χ4n) is 5.01. The summed E-state index contributed by atoms with van der Waals surface area (Å²) in [6.45, 7) is 0.876. The van der Waals surface area contributed by atoms with Crippen LogP contribution in [0.5, 0.6) is 28.7 Å². The number of thiol groups is 1. The van der Waals surface area contributed by atoms with Crippen LogP contribution < -0.4 is 4.89 Å². The molecule has 33 heteroatoms. The number of non-ortho nitro benzene ring substituents is 1. The number of aliphatic hydroxyl groups is 1. The molecule has 0 bridgehead atoms. The first-order valence-electron chi connectivity index (χ1n) is 16.1. The molecule has 5 rings (SSSR count). The number of sulfone groups is 1. The Labute approximate surface area is 373 Å². The van der Waals surface area contributed by atoms with Crippen molar-refractivity contribution in [3.05, 3.63) is 86.5 Å². The van der Waals surface area contributed by atoms with E-state index in [4.69, 9.17) is 22.6 Å². The molecule has 5 aromatic carbocycles. The Bertz CT molecular complexity index is 3100. The second kappa shape index (κ2) is 21.5. The Balaban J connectivity index is 0.00000209.